The van der Waals surface area contributed by atoms with Crippen molar-refractivity contribution in [3.8, 4) is 5.75 Å². The van der Waals surface area contributed by atoms with Gasteiger partial charge in [-0.1, -0.05) is 6.07 Å². The molecule has 0 saturated heterocycles. The van der Waals surface area contributed by atoms with Crippen LogP contribution >= 0.6 is 11.3 Å². The third-order valence-corrected chi connectivity index (χ3v) is 5.29. The molecular formula is C17H20FNOS. The quantitative estimate of drug-likeness (QED) is 0.892. The molecule has 1 aromatic heterocycles. The zero-order chi connectivity index (χ0) is 14.8. The Morgan fingerprint density at radius 3 is 2.90 bits per heavy atom. The minimum absolute atomic E-state index is 0.0205. The molecule has 0 radical (unpaired) electrons. The van der Waals surface area contributed by atoms with Crippen LogP contribution in [0.1, 0.15) is 40.3 Å². The molecule has 1 aliphatic carbocycles. The van der Waals surface area contributed by atoms with Crippen LogP contribution in [-0.4, -0.2) is 7.11 Å². The SMILES string of the molecule is COc1ccc(C(C)NCc2cc3c(s2)CCC3)c(F)c1. The second kappa shape index (κ2) is 6.16. The van der Waals surface area contributed by atoms with Gasteiger partial charge in [-0.3, -0.25) is 0 Å². The normalized spacial score (nSPS) is 15.0. The van der Waals surface area contributed by atoms with E-state index in [1.807, 2.05) is 18.3 Å². The van der Waals surface area contributed by atoms with Crippen LogP contribution in [-0.2, 0) is 19.4 Å². The van der Waals surface area contributed by atoms with E-state index in [1.165, 1.54) is 40.6 Å². The lowest BCUT2D eigenvalue weighted by Crippen LogP contribution is -2.18. The summed E-state index contributed by atoms with van der Waals surface area (Å²) in [5.41, 5.74) is 2.19. The Balaban J connectivity index is 1.64. The first-order valence-electron chi connectivity index (χ1n) is 7.34. The highest BCUT2D eigenvalue weighted by Gasteiger charge is 2.16. The summed E-state index contributed by atoms with van der Waals surface area (Å²) in [7, 11) is 1.55. The summed E-state index contributed by atoms with van der Waals surface area (Å²) in [4.78, 5) is 2.88. The van der Waals surface area contributed by atoms with E-state index in [4.69, 9.17) is 4.74 Å². The summed E-state index contributed by atoms with van der Waals surface area (Å²) in [6.07, 6.45) is 3.74. The van der Waals surface area contributed by atoms with Gasteiger partial charge >= 0.3 is 0 Å². The molecule has 0 bridgehead atoms. The molecule has 2 aromatic rings. The molecule has 1 atom stereocenters. The van der Waals surface area contributed by atoms with Gasteiger partial charge in [-0.2, -0.15) is 0 Å². The molecule has 0 fully saturated rings. The number of fused-ring (bicyclic) bond motifs is 1. The number of ether oxygens (including phenoxy) is 1. The molecular weight excluding hydrogens is 285 g/mol. The summed E-state index contributed by atoms with van der Waals surface area (Å²) < 4.78 is 19.1. The number of thiophene rings is 1. The average molecular weight is 305 g/mol. The molecule has 1 aromatic carbocycles. The Morgan fingerprint density at radius 1 is 1.33 bits per heavy atom. The van der Waals surface area contributed by atoms with E-state index < -0.39 is 0 Å². The summed E-state index contributed by atoms with van der Waals surface area (Å²) in [6.45, 7) is 2.79. The van der Waals surface area contributed by atoms with Crippen LogP contribution in [0.25, 0.3) is 0 Å². The number of aryl methyl sites for hydroxylation is 2. The molecule has 0 aliphatic heterocycles. The molecule has 0 saturated carbocycles. The van der Waals surface area contributed by atoms with Crippen LogP contribution in [0.5, 0.6) is 5.75 Å². The molecule has 0 amide bonds. The maximum Gasteiger partial charge on any atom is 0.131 e. The predicted molar refractivity (Wildman–Crippen MR) is 84.6 cm³/mol. The minimum atomic E-state index is -0.219. The van der Waals surface area contributed by atoms with Gasteiger partial charge in [0.2, 0.25) is 0 Å². The maximum absolute atomic E-state index is 14.0. The number of halogens is 1. The number of hydrogen-bond acceptors (Lipinski definition) is 3. The van der Waals surface area contributed by atoms with Gasteiger partial charge < -0.3 is 10.1 Å². The van der Waals surface area contributed by atoms with Crippen LogP contribution < -0.4 is 10.1 Å². The van der Waals surface area contributed by atoms with Crippen LogP contribution in [0, 0.1) is 5.82 Å². The van der Waals surface area contributed by atoms with Gasteiger partial charge in [0, 0.05) is 34.0 Å². The highest BCUT2D eigenvalue weighted by Crippen LogP contribution is 2.31. The fourth-order valence-electron chi connectivity index (χ4n) is 2.83. The van der Waals surface area contributed by atoms with Crippen molar-refractivity contribution in [1.29, 1.82) is 0 Å². The van der Waals surface area contributed by atoms with Crippen molar-refractivity contribution in [2.24, 2.45) is 0 Å². The van der Waals surface area contributed by atoms with Crippen LogP contribution in [0.2, 0.25) is 0 Å². The van der Waals surface area contributed by atoms with Crippen LogP contribution in [0.4, 0.5) is 4.39 Å². The smallest absolute Gasteiger partial charge is 0.131 e. The van der Waals surface area contributed by atoms with E-state index in [0.29, 0.717) is 11.3 Å². The van der Waals surface area contributed by atoms with Gasteiger partial charge in [-0.15, -0.1) is 11.3 Å². The molecule has 4 heteroatoms. The maximum atomic E-state index is 14.0. The summed E-state index contributed by atoms with van der Waals surface area (Å²) in [6, 6.07) is 7.31. The monoisotopic (exact) mass is 305 g/mol. The Labute approximate surface area is 129 Å². The molecule has 1 unspecified atom stereocenters. The van der Waals surface area contributed by atoms with Crippen molar-refractivity contribution in [2.75, 3.05) is 7.11 Å². The van der Waals surface area contributed by atoms with Crippen molar-refractivity contribution >= 4 is 11.3 Å². The molecule has 0 spiro atoms. The zero-order valence-corrected chi connectivity index (χ0v) is 13.2. The van der Waals surface area contributed by atoms with Gasteiger partial charge in [0.05, 0.1) is 7.11 Å². The molecule has 1 N–H and O–H groups in total. The van der Waals surface area contributed by atoms with E-state index in [0.717, 1.165) is 6.54 Å². The first-order valence-corrected chi connectivity index (χ1v) is 8.16. The van der Waals surface area contributed by atoms with Crippen molar-refractivity contribution in [1.82, 2.24) is 5.32 Å². The summed E-state index contributed by atoms with van der Waals surface area (Å²) in [5, 5.41) is 3.41. The number of rotatable bonds is 5. The summed E-state index contributed by atoms with van der Waals surface area (Å²) >= 11 is 1.89. The highest BCUT2D eigenvalue weighted by molar-refractivity contribution is 7.12. The Hall–Kier alpha value is -1.39. The zero-order valence-electron chi connectivity index (χ0n) is 12.4. The van der Waals surface area contributed by atoms with Gasteiger partial charge in [0.25, 0.3) is 0 Å². The first-order chi connectivity index (χ1) is 10.2. The molecule has 112 valence electrons. The largest absolute Gasteiger partial charge is 0.497 e. The number of methoxy groups -OCH3 is 1. The van der Waals surface area contributed by atoms with E-state index in [1.54, 1.807) is 19.2 Å². The first kappa shape index (κ1) is 14.5. The van der Waals surface area contributed by atoms with Gasteiger partial charge in [0.15, 0.2) is 0 Å². The van der Waals surface area contributed by atoms with E-state index in [-0.39, 0.29) is 11.9 Å². The second-order valence-electron chi connectivity index (χ2n) is 5.50. The molecule has 1 heterocycles. The standard InChI is InChI=1S/C17H20FNOS/c1-11(15-7-6-13(20-2)9-16(15)18)19-10-14-8-12-4-3-5-17(12)21-14/h6-9,11,19H,3-5,10H2,1-2H3. The predicted octanol–water partition coefficient (Wildman–Crippen LogP) is 4.24. The molecule has 1 aliphatic rings. The van der Waals surface area contributed by atoms with Crippen molar-refractivity contribution < 1.29 is 9.13 Å². The van der Waals surface area contributed by atoms with Crippen molar-refractivity contribution in [3.05, 3.63) is 51.0 Å². The van der Waals surface area contributed by atoms with Gasteiger partial charge in [-0.05, 0) is 43.9 Å². The lowest BCUT2D eigenvalue weighted by atomic mass is 10.1. The average Bonchev–Trinajstić information content (AvgIpc) is 3.05. The van der Waals surface area contributed by atoms with Gasteiger partial charge in [-0.25, -0.2) is 4.39 Å². The number of nitrogens with one attached hydrogen (secondary N) is 1. The van der Waals surface area contributed by atoms with Crippen LogP contribution in [0.3, 0.4) is 0 Å². The number of hydrogen-bond donors (Lipinski definition) is 1. The third-order valence-electron chi connectivity index (χ3n) is 4.05. The molecule has 21 heavy (non-hydrogen) atoms. The highest BCUT2D eigenvalue weighted by atomic mass is 32.1. The van der Waals surface area contributed by atoms with Crippen molar-refractivity contribution in [2.45, 2.75) is 38.8 Å². The summed E-state index contributed by atoms with van der Waals surface area (Å²) in [5.74, 6) is 0.334. The molecule has 2 nitrogen and oxygen atoms in total. The Bertz CT molecular complexity index is 616. The second-order valence-corrected chi connectivity index (χ2v) is 6.73. The topological polar surface area (TPSA) is 21.3 Å². The lowest BCUT2D eigenvalue weighted by Gasteiger charge is -2.15. The van der Waals surface area contributed by atoms with Crippen molar-refractivity contribution in [3.63, 3.8) is 0 Å². The number of benzene rings is 1. The lowest BCUT2D eigenvalue weighted by molar-refractivity contribution is 0.409. The van der Waals surface area contributed by atoms with E-state index in [9.17, 15) is 4.39 Å². The van der Waals surface area contributed by atoms with Gasteiger partial charge in [0.1, 0.15) is 11.6 Å². The Morgan fingerprint density at radius 2 is 2.19 bits per heavy atom. The minimum Gasteiger partial charge on any atom is -0.497 e. The fraction of sp³-hybridized carbons (Fsp3) is 0.412. The van der Waals surface area contributed by atoms with Crippen LogP contribution in [0.15, 0.2) is 24.3 Å². The van der Waals surface area contributed by atoms with E-state index in [2.05, 4.69) is 11.4 Å². The third kappa shape index (κ3) is 3.11. The molecule has 3 rings (SSSR count). The Kier molecular flexibility index (Phi) is 4.27. The van der Waals surface area contributed by atoms with E-state index >= 15 is 0 Å². The fourth-order valence-corrected chi connectivity index (χ4v) is 4.04.